The highest BCUT2D eigenvalue weighted by Gasteiger charge is 2.15. The van der Waals surface area contributed by atoms with Gasteiger partial charge in [0.1, 0.15) is 5.75 Å². The van der Waals surface area contributed by atoms with Crippen molar-refractivity contribution < 1.29 is 9.53 Å². The molecule has 0 saturated heterocycles. The first-order valence-electron chi connectivity index (χ1n) is 7.40. The molecule has 22 heavy (non-hydrogen) atoms. The van der Waals surface area contributed by atoms with Gasteiger partial charge in [-0.1, -0.05) is 32.0 Å². The zero-order valence-electron chi connectivity index (χ0n) is 13.0. The molecule has 0 spiro atoms. The Morgan fingerprint density at radius 2 is 1.82 bits per heavy atom. The third-order valence-corrected chi connectivity index (χ3v) is 4.02. The number of nitrogens with one attached hydrogen (secondary N) is 1. The lowest BCUT2D eigenvalue weighted by Gasteiger charge is -2.06. The standard InChI is InChI=1S/C19H19NO2/c1-12(2)15-5-4-6-16-17(11-21)18(20-19(15)16)13-7-9-14(22-3)10-8-13/h4-12,20H,1-3H3. The molecule has 3 nitrogen and oxygen atoms in total. The zero-order valence-corrected chi connectivity index (χ0v) is 13.0. The Kier molecular flexibility index (Phi) is 3.72. The fourth-order valence-electron chi connectivity index (χ4n) is 2.85. The molecule has 112 valence electrons. The van der Waals surface area contributed by atoms with E-state index in [1.807, 2.05) is 36.4 Å². The lowest BCUT2D eigenvalue weighted by atomic mass is 9.99. The summed E-state index contributed by atoms with van der Waals surface area (Å²) >= 11 is 0. The molecular weight excluding hydrogens is 274 g/mol. The second-order valence-corrected chi connectivity index (χ2v) is 5.68. The number of hydrogen-bond donors (Lipinski definition) is 1. The Bertz CT molecular complexity index is 813. The fourth-order valence-corrected chi connectivity index (χ4v) is 2.85. The average molecular weight is 293 g/mol. The normalized spacial score (nSPS) is 11.1. The van der Waals surface area contributed by atoms with Crippen molar-refractivity contribution in [1.82, 2.24) is 4.98 Å². The Balaban J connectivity index is 2.24. The zero-order chi connectivity index (χ0) is 15.7. The topological polar surface area (TPSA) is 42.1 Å². The van der Waals surface area contributed by atoms with Gasteiger partial charge in [0.25, 0.3) is 0 Å². The van der Waals surface area contributed by atoms with Crippen LogP contribution >= 0.6 is 0 Å². The number of aromatic amines is 1. The quantitative estimate of drug-likeness (QED) is 0.703. The Labute approximate surface area is 129 Å². The van der Waals surface area contributed by atoms with Gasteiger partial charge in [0, 0.05) is 10.9 Å². The Hall–Kier alpha value is -2.55. The van der Waals surface area contributed by atoms with Crippen molar-refractivity contribution in [2.24, 2.45) is 0 Å². The first-order valence-corrected chi connectivity index (χ1v) is 7.40. The summed E-state index contributed by atoms with van der Waals surface area (Å²) in [5, 5.41) is 0.979. The van der Waals surface area contributed by atoms with E-state index >= 15 is 0 Å². The maximum Gasteiger partial charge on any atom is 0.152 e. The summed E-state index contributed by atoms with van der Waals surface area (Å²) in [6.45, 7) is 4.31. The molecule has 1 heterocycles. The van der Waals surface area contributed by atoms with Crippen molar-refractivity contribution in [3.05, 3.63) is 53.6 Å². The van der Waals surface area contributed by atoms with Crippen LogP contribution in [-0.4, -0.2) is 18.4 Å². The van der Waals surface area contributed by atoms with Crippen LogP contribution in [-0.2, 0) is 0 Å². The van der Waals surface area contributed by atoms with Crippen LogP contribution in [0, 0.1) is 0 Å². The van der Waals surface area contributed by atoms with Gasteiger partial charge in [-0.25, -0.2) is 0 Å². The van der Waals surface area contributed by atoms with Crippen LogP contribution in [0.5, 0.6) is 5.75 Å². The highest BCUT2D eigenvalue weighted by molar-refractivity contribution is 6.05. The summed E-state index contributed by atoms with van der Waals surface area (Å²) in [7, 11) is 1.64. The predicted octanol–water partition coefficient (Wildman–Crippen LogP) is 4.78. The predicted molar refractivity (Wildman–Crippen MR) is 89.8 cm³/mol. The number of aromatic nitrogens is 1. The number of ether oxygens (including phenoxy) is 1. The lowest BCUT2D eigenvalue weighted by molar-refractivity contribution is 0.112. The third kappa shape index (κ3) is 2.29. The van der Waals surface area contributed by atoms with Crippen LogP contribution in [0.4, 0.5) is 0 Å². The molecule has 0 fully saturated rings. The summed E-state index contributed by atoms with van der Waals surface area (Å²) in [5.74, 6) is 1.20. The van der Waals surface area contributed by atoms with Crippen LogP contribution in [0.1, 0.15) is 35.7 Å². The summed E-state index contributed by atoms with van der Waals surface area (Å²) < 4.78 is 5.19. The second-order valence-electron chi connectivity index (χ2n) is 5.68. The number of H-pyrrole nitrogens is 1. The first kappa shape index (κ1) is 14.4. The second kappa shape index (κ2) is 5.68. The van der Waals surface area contributed by atoms with E-state index in [9.17, 15) is 4.79 Å². The van der Waals surface area contributed by atoms with Gasteiger partial charge in [-0.3, -0.25) is 4.79 Å². The number of para-hydroxylation sites is 1. The lowest BCUT2D eigenvalue weighted by Crippen LogP contribution is -1.88. The minimum absolute atomic E-state index is 0.394. The maximum absolute atomic E-state index is 11.6. The molecule has 0 aliphatic heterocycles. The molecule has 0 saturated carbocycles. The molecule has 0 amide bonds. The average Bonchev–Trinajstić information content (AvgIpc) is 2.93. The van der Waals surface area contributed by atoms with Gasteiger partial charge < -0.3 is 9.72 Å². The summed E-state index contributed by atoms with van der Waals surface area (Å²) in [5.41, 5.74) is 4.82. The molecule has 3 rings (SSSR count). The van der Waals surface area contributed by atoms with E-state index in [2.05, 4.69) is 24.9 Å². The van der Waals surface area contributed by atoms with Gasteiger partial charge in [0.2, 0.25) is 0 Å². The smallest absolute Gasteiger partial charge is 0.152 e. The van der Waals surface area contributed by atoms with Gasteiger partial charge in [0.15, 0.2) is 6.29 Å². The largest absolute Gasteiger partial charge is 0.497 e. The monoisotopic (exact) mass is 293 g/mol. The minimum Gasteiger partial charge on any atom is -0.497 e. The van der Waals surface area contributed by atoms with E-state index in [4.69, 9.17) is 4.74 Å². The number of methoxy groups -OCH3 is 1. The van der Waals surface area contributed by atoms with Crippen molar-refractivity contribution in [2.75, 3.05) is 7.11 Å². The fraction of sp³-hybridized carbons (Fsp3) is 0.211. The number of hydrogen-bond acceptors (Lipinski definition) is 2. The van der Waals surface area contributed by atoms with Gasteiger partial charge in [-0.15, -0.1) is 0 Å². The van der Waals surface area contributed by atoms with Crippen LogP contribution in [0.25, 0.3) is 22.2 Å². The van der Waals surface area contributed by atoms with E-state index in [-0.39, 0.29) is 0 Å². The van der Waals surface area contributed by atoms with Crippen LogP contribution in [0.3, 0.4) is 0 Å². The SMILES string of the molecule is COc1ccc(-c2[nH]c3c(C(C)C)cccc3c2C=O)cc1. The number of fused-ring (bicyclic) bond motifs is 1. The number of carbonyl (C=O) groups is 1. The summed E-state index contributed by atoms with van der Waals surface area (Å²) in [4.78, 5) is 15.1. The van der Waals surface area contributed by atoms with E-state index in [0.717, 1.165) is 34.2 Å². The van der Waals surface area contributed by atoms with Gasteiger partial charge in [-0.05, 0) is 41.3 Å². The number of carbonyl (C=O) groups excluding carboxylic acids is 1. The molecule has 0 unspecified atom stereocenters. The molecule has 0 aliphatic carbocycles. The number of aldehydes is 1. The summed E-state index contributed by atoms with van der Waals surface area (Å²) in [6, 6.07) is 13.8. The highest BCUT2D eigenvalue weighted by Crippen LogP contribution is 2.33. The number of rotatable bonds is 4. The molecule has 3 aromatic rings. The van der Waals surface area contributed by atoms with Gasteiger partial charge >= 0.3 is 0 Å². The molecule has 0 atom stereocenters. The summed E-state index contributed by atoms with van der Waals surface area (Å²) in [6.07, 6.45) is 0.933. The number of benzene rings is 2. The molecular formula is C19H19NO2. The first-order chi connectivity index (χ1) is 10.7. The van der Waals surface area contributed by atoms with Gasteiger partial charge in [0.05, 0.1) is 18.3 Å². The van der Waals surface area contributed by atoms with Crippen LogP contribution < -0.4 is 4.74 Å². The van der Waals surface area contributed by atoms with E-state index < -0.39 is 0 Å². The van der Waals surface area contributed by atoms with Crippen LogP contribution in [0.15, 0.2) is 42.5 Å². The van der Waals surface area contributed by atoms with Crippen LogP contribution in [0.2, 0.25) is 0 Å². The maximum atomic E-state index is 11.6. The molecule has 3 heteroatoms. The molecule has 1 N–H and O–H groups in total. The molecule has 2 aromatic carbocycles. The van der Waals surface area contributed by atoms with Crippen molar-refractivity contribution >= 4 is 17.2 Å². The van der Waals surface area contributed by atoms with Crippen molar-refractivity contribution in [3.8, 4) is 17.0 Å². The van der Waals surface area contributed by atoms with Crippen molar-refractivity contribution in [3.63, 3.8) is 0 Å². The molecule has 0 radical (unpaired) electrons. The van der Waals surface area contributed by atoms with E-state index in [0.29, 0.717) is 11.5 Å². The minimum atomic E-state index is 0.394. The van der Waals surface area contributed by atoms with Crippen molar-refractivity contribution in [1.29, 1.82) is 0 Å². The molecule has 0 bridgehead atoms. The van der Waals surface area contributed by atoms with Crippen molar-refractivity contribution in [2.45, 2.75) is 19.8 Å². The molecule has 1 aromatic heterocycles. The highest BCUT2D eigenvalue weighted by atomic mass is 16.5. The Morgan fingerprint density at radius 3 is 2.41 bits per heavy atom. The van der Waals surface area contributed by atoms with E-state index in [1.165, 1.54) is 5.56 Å². The Morgan fingerprint density at radius 1 is 1.09 bits per heavy atom. The van der Waals surface area contributed by atoms with E-state index in [1.54, 1.807) is 7.11 Å². The molecule has 0 aliphatic rings. The van der Waals surface area contributed by atoms with Gasteiger partial charge in [-0.2, -0.15) is 0 Å². The third-order valence-electron chi connectivity index (χ3n) is 4.02.